The maximum atomic E-state index is 11.6. The molecule has 5 nitrogen and oxygen atoms in total. The average molecular weight is 290 g/mol. The lowest BCUT2D eigenvalue weighted by Crippen LogP contribution is -2.52. The number of para-hydroxylation sites is 1. The highest BCUT2D eigenvalue weighted by atomic mass is 16.5. The van der Waals surface area contributed by atoms with Crippen molar-refractivity contribution in [3.05, 3.63) is 30.3 Å². The SMILES string of the molecule is O=C(O)C1(CN2CCN(c3ccccc3)CC2)CCOC1. The smallest absolute Gasteiger partial charge is 0.313 e. The molecule has 1 N–H and O–H groups in total. The summed E-state index contributed by atoms with van der Waals surface area (Å²) < 4.78 is 5.34. The number of benzene rings is 1. The lowest BCUT2D eigenvalue weighted by molar-refractivity contribution is -0.150. The summed E-state index contributed by atoms with van der Waals surface area (Å²) in [5, 5.41) is 9.51. The van der Waals surface area contributed by atoms with E-state index in [9.17, 15) is 9.90 Å². The van der Waals surface area contributed by atoms with Crippen molar-refractivity contribution in [2.24, 2.45) is 5.41 Å². The number of hydrogen-bond donors (Lipinski definition) is 1. The molecule has 0 amide bonds. The van der Waals surface area contributed by atoms with Crippen LogP contribution in [0.1, 0.15) is 6.42 Å². The topological polar surface area (TPSA) is 53.0 Å². The van der Waals surface area contributed by atoms with Crippen LogP contribution in [0.5, 0.6) is 0 Å². The van der Waals surface area contributed by atoms with Gasteiger partial charge in [0.15, 0.2) is 0 Å². The second-order valence-electron chi connectivity index (χ2n) is 5.99. The van der Waals surface area contributed by atoms with E-state index in [2.05, 4.69) is 34.1 Å². The van der Waals surface area contributed by atoms with Crippen LogP contribution < -0.4 is 4.90 Å². The van der Waals surface area contributed by atoms with E-state index in [1.54, 1.807) is 0 Å². The fourth-order valence-corrected chi connectivity index (χ4v) is 3.20. The van der Waals surface area contributed by atoms with Crippen molar-refractivity contribution in [1.29, 1.82) is 0 Å². The van der Waals surface area contributed by atoms with Gasteiger partial charge < -0.3 is 14.7 Å². The molecule has 21 heavy (non-hydrogen) atoms. The van der Waals surface area contributed by atoms with Crippen molar-refractivity contribution in [2.45, 2.75) is 6.42 Å². The molecule has 1 unspecified atom stereocenters. The minimum absolute atomic E-state index is 0.348. The van der Waals surface area contributed by atoms with Gasteiger partial charge in [-0.1, -0.05) is 18.2 Å². The van der Waals surface area contributed by atoms with E-state index in [1.807, 2.05) is 6.07 Å². The molecule has 2 saturated heterocycles. The third-order valence-electron chi connectivity index (χ3n) is 4.58. The molecule has 1 aromatic carbocycles. The fraction of sp³-hybridized carbons (Fsp3) is 0.562. The highest BCUT2D eigenvalue weighted by Crippen LogP contribution is 2.30. The third-order valence-corrected chi connectivity index (χ3v) is 4.58. The highest BCUT2D eigenvalue weighted by molar-refractivity contribution is 5.75. The van der Waals surface area contributed by atoms with Crippen molar-refractivity contribution in [3.63, 3.8) is 0 Å². The van der Waals surface area contributed by atoms with Gasteiger partial charge in [-0.3, -0.25) is 9.69 Å². The van der Waals surface area contributed by atoms with Crippen LogP contribution in [0.3, 0.4) is 0 Å². The number of carbonyl (C=O) groups is 1. The number of hydrogen-bond acceptors (Lipinski definition) is 4. The number of piperazine rings is 1. The van der Waals surface area contributed by atoms with E-state index >= 15 is 0 Å². The summed E-state index contributed by atoms with van der Waals surface area (Å²) in [6, 6.07) is 10.4. The molecule has 1 atom stereocenters. The first kappa shape index (κ1) is 14.4. The summed E-state index contributed by atoms with van der Waals surface area (Å²) in [5.74, 6) is -0.717. The number of anilines is 1. The van der Waals surface area contributed by atoms with E-state index in [-0.39, 0.29) is 0 Å². The zero-order valence-corrected chi connectivity index (χ0v) is 12.2. The largest absolute Gasteiger partial charge is 0.481 e. The Hall–Kier alpha value is -1.59. The Labute approximate surface area is 125 Å². The molecule has 2 aliphatic heterocycles. The number of aliphatic carboxylic acids is 1. The predicted molar refractivity (Wildman–Crippen MR) is 80.6 cm³/mol. The maximum Gasteiger partial charge on any atom is 0.313 e. The van der Waals surface area contributed by atoms with Crippen LogP contribution in [-0.4, -0.2) is 61.9 Å². The molecule has 114 valence electrons. The third kappa shape index (κ3) is 3.04. The minimum Gasteiger partial charge on any atom is -0.481 e. The molecule has 3 rings (SSSR count). The summed E-state index contributed by atoms with van der Waals surface area (Å²) in [7, 11) is 0. The molecule has 0 spiro atoms. The molecule has 0 aromatic heterocycles. The van der Waals surface area contributed by atoms with Crippen molar-refractivity contribution in [1.82, 2.24) is 4.90 Å². The summed E-state index contributed by atoms with van der Waals surface area (Å²) in [6.07, 6.45) is 0.626. The van der Waals surface area contributed by atoms with Crippen LogP contribution in [0.2, 0.25) is 0 Å². The number of ether oxygens (including phenoxy) is 1. The first-order valence-electron chi connectivity index (χ1n) is 7.53. The number of carboxylic acids is 1. The van der Waals surface area contributed by atoms with Crippen LogP contribution in [0.25, 0.3) is 0 Å². The molecule has 0 bridgehead atoms. The van der Waals surface area contributed by atoms with Crippen LogP contribution in [0.4, 0.5) is 5.69 Å². The van der Waals surface area contributed by atoms with Gasteiger partial charge in [0.25, 0.3) is 0 Å². The second-order valence-corrected chi connectivity index (χ2v) is 5.99. The molecular formula is C16H22N2O3. The second kappa shape index (κ2) is 6.03. The van der Waals surface area contributed by atoms with Crippen LogP contribution in [-0.2, 0) is 9.53 Å². The molecular weight excluding hydrogens is 268 g/mol. The van der Waals surface area contributed by atoms with Gasteiger partial charge in [0.2, 0.25) is 0 Å². The Morgan fingerprint density at radius 1 is 1.19 bits per heavy atom. The van der Waals surface area contributed by atoms with Gasteiger partial charge in [-0.15, -0.1) is 0 Å². The van der Waals surface area contributed by atoms with Crippen molar-refractivity contribution >= 4 is 11.7 Å². The van der Waals surface area contributed by atoms with E-state index < -0.39 is 11.4 Å². The number of rotatable bonds is 4. The quantitative estimate of drug-likeness (QED) is 0.906. The van der Waals surface area contributed by atoms with Gasteiger partial charge in [0.1, 0.15) is 5.41 Å². The van der Waals surface area contributed by atoms with E-state index in [0.717, 1.165) is 26.2 Å². The van der Waals surface area contributed by atoms with E-state index in [0.29, 0.717) is 26.2 Å². The Bertz CT molecular complexity index is 478. The predicted octanol–water partition coefficient (Wildman–Crippen LogP) is 1.30. The zero-order valence-electron chi connectivity index (χ0n) is 12.2. The van der Waals surface area contributed by atoms with Gasteiger partial charge in [-0.05, 0) is 18.6 Å². The van der Waals surface area contributed by atoms with Gasteiger partial charge >= 0.3 is 5.97 Å². The maximum absolute atomic E-state index is 11.6. The summed E-state index contributed by atoms with van der Waals surface area (Å²) in [4.78, 5) is 16.2. The molecule has 2 aliphatic rings. The zero-order chi connectivity index (χ0) is 14.7. The fourth-order valence-electron chi connectivity index (χ4n) is 3.20. The van der Waals surface area contributed by atoms with Crippen molar-refractivity contribution in [3.8, 4) is 0 Å². The van der Waals surface area contributed by atoms with Crippen molar-refractivity contribution < 1.29 is 14.6 Å². The molecule has 5 heteroatoms. The monoisotopic (exact) mass is 290 g/mol. The van der Waals surface area contributed by atoms with Gasteiger partial charge in [-0.25, -0.2) is 0 Å². The Morgan fingerprint density at radius 3 is 2.48 bits per heavy atom. The lowest BCUT2D eigenvalue weighted by atomic mass is 9.86. The number of carboxylic acid groups (broad SMARTS) is 1. The Balaban J connectivity index is 1.57. The van der Waals surface area contributed by atoms with Crippen LogP contribution in [0.15, 0.2) is 30.3 Å². The summed E-state index contributed by atoms with van der Waals surface area (Å²) in [6.45, 7) is 5.22. The first-order chi connectivity index (χ1) is 10.2. The minimum atomic E-state index is -0.717. The van der Waals surface area contributed by atoms with E-state index in [4.69, 9.17) is 4.74 Å². The molecule has 2 heterocycles. The summed E-state index contributed by atoms with van der Waals surface area (Å²) >= 11 is 0. The highest BCUT2D eigenvalue weighted by Gasteiger charge is 2.44. The molecule has 0 aliphatic carbocycles. The number of nitrogens with zero attached hydrogens (tertiary/aromatic N) is 2. The van der Waals surface area contributed by atoms with Gasteiger partial charge in [0, 0.05) is 45.0 Å². The Kier molecular flexibility index (Phi) is 4.12. The Morgan fingerprint density at radius 2 is 1.90 bits per heavy atom. The average Bonchev–Trinajstić information content (AvgIpc) is 2.99. The van der Waals surface area contributed by atoms with Gasteiger partial charge in [-0.2, -0.15) is 0 Å². The van der Waals surface area contributed by atoms with Crippen molar-refractivity contribution in [2.75, 3.05) is 50.8 Å². The molecule has 1 aromatic rings. The van der Waals surface area contributed by atoms with Crippen LogP contribution in [0, 0.1) is 5.41 Å². The lowest BCUT2D eigenvalue weighted by Gasteiger charge is -2.39. The standard InChI is InChI=1S/C16H22N2O3/c19-15(20)16(6-11-21-13-16)12-17-7-9-18(10-8-17)14-4-2-1-3-5-14/h1-5H,6-13H2,(H,19,20). The summed E-state index contributed by atoms with van der Waals surface area (Å²) in [5.41, 5.74) is 0.545. The first-order valence-corrected chi connectivity index (χ1v) is 7.53. The van der Waals surface area contributed by atoms with Gasteiger partial charge in [0.05, 0.1) is 6.61 Å². The molecule has 2 fully saturated rings. The molecule has 0 radical (unpaired) electrons. The van der Waals surface area contributed by atoms with Crippen LogP contribution >= 0.6 is 0 Å². The normalized spacial score (nSPS) is 27.0. The van der Waals surface area contributed by atoms with E-state index in [1.165, 1.54) is 5.69 Å². The molecule has 0 saturated carbocycles.